The third-order valence-electron chi connectivity index (χ3n) is 4.38. The van der Waals surface area contributed by atoms with Crippen LogP contribution in [0.1, 0.15) is 17.2 Å². The number of hydrogen-bond acceptors (Lipinski definition) is 6. The Morgan fingerprint density at radius 3 is 2.48 bits per heavy atom. The Hall–Kier alpha value is -3.37. The van der Waals surface area contributed by atoms with Gasteiger partial charge in [0.05, 0.1) is 31.3 Å². The summed E-state index contributed by atoms with van der Waals surface area (Å²) in [5.74, 6) is -0.372. The van der Waals surface area contributed by atoms with Gasteiger partial charge in [-0.1, -0.05) is 29.8 Å². The number of amides is 1. The Morgan fingerprint density at radius 2 is 1.83 bits per heavy atom. The number of nitriles is 1. The highest BCUT2D eigenvalue weighted by Crippen LogP contribution is 2.28. The van der Waals surface area contributed by atoms with E-state index in [-0.39, 0.29) is 10.8 Å². The quantitative estimate of drug-likeness (QED) is 0.642. The Morgan fingerprint density at radius 1 is 1.14 bits per heavy atom. The molecule has 0 bridgehead atoms. The maximum Gasteiger partial charge on any atom is 0.243 e. The number of rotatable bonds is 7. The monoisotopic (exact) mass is 410 g/mol. The molecule has 1 N–H and O–H groups in total. The van der Waals surface area contributed by atoms with Crippen molar-refractivity contribution in [2.24, 2.45) is 0 Å². The van der Waals surface area contributed by atoms with Gasteiger partial charge in [-0.3, -0.25) is 4.79 Å². The fraction of sp³-hybridized carbons (Fsp3) is 0.238. The number of halogens is 1. The minimum atomic E-state index is -1.15. The van der Waals surface area contributed by atoms with Gasteiger partial charge in [-0.05, 0) is 36.2 Å². The van der Waals surface area contributed by atoms with E-state index < -0.39 is 11.8 Å². The van der Waals surface area contributed by atoms with Crippen LogP contribution in [0.15, 0.2) is 42.5 Å². The SMILES string of the molecule is COc1ccc(CCNC(=O)[C@H](C#N)c2nc3ccccc3nc2Cl)cc1OC. The van der Waals surface area contributed by atoms with Gasteiger partial charge in [-0.2, -0.15) is 5.26 Å². The first kappa shape index (κ1) is 20.4. The van der Waals surface area contributed by atoms with E-state index in [1.54, 1.807) is 38.5 Å². The highest BCUT2D eigenvalue weighted by Gasteiger charge is 2.25. The highest BCUT2D eigenvalue weighted by atomic mass is 35.5. The minimum absolute atomic E-state index is 0.0466. The van der Waals surface area contributed by atoms with Crippen LogP contribution in [0.2, 0.25) is 5.15 Å². The fourth-order valence-electron chi connectivity index (χ4n) is 2.89. The second-order valence-electron chi connectivity index (χ2n) is 6.18. The molecule has 3 aromatic rings. The van der Waals surface area contributed by atoms with E-state index in [0.717, 1.165) is 5.56 Å². The predicted octanol–water partition coefficient (Wildman–Crippen LogP) is 3.27. The second kappa shape index (κ2) is 9.22. The van der Waals surface area contributed by atoms with E-state index in [0.29, 0.717) is 35.5 Å². The Balaban J connectivity index is 1.70. The average molecular weight is 411 g/mol. The Bertz CT molecular complexity index is 1080. The minimum Gasteiger partial charge on any atom is -0.493 e. The van der Waals surface area contributed by atoms with Crippen molar-refractivity contribution < 1.29 is 14.3 Å². The molecule has 7 nitrogen and oxygen atoms in total. The van der Waals surface area contributed by atoms with E-state index >= 15 is 0 Å². The number of methoxy groups -OCH3 is 2. The van der Waals surface area contributed by atoms with Crippen LogP contribution in [0.25, 0.3) is 11.0 Å². The highest BCUT2D eigenvalue weighted by molar-refractivity contribution is 6.30. The molecule has 0 aliphatic heterocycles. The van der Waals surface area contributed by atoms with Crippen molar-refractivity contribution in [2.45, 2.75) is 12.3 Å². The molecule has 8 heteroatoms. The smallest absolute Gasteiger partial charge is 0.243 e. The first-order valence-electron chi connectivity index (χ1n) is 8.87. The number of carbonyl (C=O) groups excluding carboxylic acids is 1. The maximum absolute atomic E-state index is 12.6. The van der Waals surface area contributed by atoms with Gasteiger partial charge in [0.15, 0.2) is 22.6 Å². The molecular weight excluding hydrogens is 392 g/mol. The normalized spacial score (nSPS) is 11.5. The standard InChI is InChI=1S/C21H19ClN4O3/c1-28-17-8-7-13(11-18(17)29-2)9-10-24-21(27)14(12-23)19-20(22)26-16-6-4-3-5-15(16)25-19/h3-8,11,14H,9-10H2,1-2H3,(H,24,27)/t14-/m1/s1. The molecule has 0 unspecified atom stereocenters. The molecule has 2 aromatic carbocycles. The van der Waals surface area contributed by atoms with Crippen molar-refractivity contribution in [3.8, 4) is 17.6 Å². The summed E-state index contributed by atoms with van der Waals surface area (Å²) < 4.78 is 10.5. The summed E-state index contributed by atoms with van der Waals surface area (Å²) >= 11 is 6.18. The molecule has 148 valence electrons. The average Bonchev–Trinajstić information content (AvgIpc) is 2.74. The summed E-state index contributed by atoms with van der Waals surface area (Å²) in [6.45, 7) is 0.338. The summed E-state index contributed by atoms with van der Waals surface area (Å²) in [6, 6.07) is 14.7. The molecule has 0 spiro atoms. The Labute approximate surface area is 173 Å². The van der Waals surface area contributed by atoms with Gasteiger partial charge in [0.1, 0.15) is 5.69 Å². The zero-order valence-corrected chi connectivity index (χ0v) is 16.7. The summed E-state index contributed by atoms with van der Waals surface area (Å²) in [7, 11) is 3.13. The van der Waals surface area contributed by atoms with Gasteiger partial charge < -0.3 is 14.8 Å². The summed E-state index contributed by atoms with van der Waals surface area (Å²) in [6.07, 6.45) is 0.557. The van der Waals surface area contributed by atoms with E-state index in [1.165, 1.54) is 0 Å². The summed E-state index contributed by atoms with van der Waals surface area (Å²) in [5, 5.41) is 12.3. The van der Waals surface area contributed by atoms with Crippen molar-refractivity contribution in [3.05, 3.63) is 58.9 Å². The van der Waals surface area contributed by atoms with E-state index in [2.05, 4.69) is 15.3 Å². The lowest BCUT2D eigenvalue weighted by atomic mass is 10.1. The number of aromatic nitrogens is 2. The molecular formula is C21H19ClN4O3. The first-order chi connectivity index (χ1) is 14.1. The topological polar surface area (TPSA) is 97.1 Å². The molecule has 1 atom stereocenters. The lowest BCUT2D eigenvalue weighted by Gasteiger charge is -2.13. The van der Waals surface area contributed by atoms with E-state index in [1.807, 2.05) is 24.3 Å². The van der Waals surface area contributed by atoms with Crippen LogP contribution in [0.3, 0.4) is 0 Å². The lowest BCUT2D eigenvalue weighted by molar-refractivity contribution is -0.121. The van der Waals surface area contributed by atoms with Crippen LogP contribution in [-0.4, -0.2) is 36.6 Å². The number of carbonyl (C=O) groups is 1. The number of ether oxygens (including phenoxy) is 2. The van der Waals surface area contributed by atoms with Crippen LogP contribution in [0.5, 0.6) is 11.5 Å². The van der Waals surface area contributed by atoms with Gasteiger partial charge in [0.25, 0.3) is 0 Å². The van der Waals surface area contributed by atoms with Gasteiger partial charge in [0, 0.05) is 6.54 Å². The largest absolute Gasteiger partial charge is 0.493 e. The predicted molar refractivity (Wildman–Crippen MR) is 109 cm³/mol. The van der Waals surface area contributed by atoms with E-state index in [4.69, 9.17) is 21.1 Å². The molecule has 3 rings (SSSR count). The first-order valence-corrected chi connectivity index (χ1v) is 9.25. The van der Waals surface area contributed by atoms with Gasteiger partial charge in [-0.15, -0.1) is 0 Å². The molecule has 0 radical (unpaired) electrons. The molecule has 0 saturated carbocycles. The van der Waals surface area contributed by atoms with Crippen LogP contribution in [-0.2, 0) is 11.2 Å². The maximum atomic E-state index is 12.6. The third-order valence-corrected chi connectivity index (χ3v) is 4.66. The fourth-order valence-corrected chi connectivity index (χ4v) is 3.13. The molecule has 29 heavy (non-hydrogen) atoms. The van der Waals surface area contributed by atoms with Crippen molar-refractivity contribution in [1.29, 1.82) is 5.26 Å². The zero-order valence-electron chi connectivity index (χ0n) is 16.0. The van der Waals surface area contributed by atoms with Crippen LogP contribution < -0.4 is 14.8 Å². The zero-order chi connectivity index (χ0) is 20.8. The lowest BCUT2D eigenvalue weighted by Crippen LogP contribution is -2.31. The summed E-state index contributed by atoms with van der Waals surface area (Å²) in [5.41, 5.74) is 2.29. The molecule has 1 aromatic heterocycles. The number of nitrogens with zero attached hydrogens (tertiary/aromatic N) is 3. The van der Waals surface area contributed by atoms with Crippen LogP contribution in [0, 0.1) is 11.3 Å². The number of para-hydroxylation sites is 2. The number of benzene rings is 2. The van der Waals surface area contributed by atoms with Gasteiger partial charge in [0.2, 0.25) is 5.91 Å². The molecule has 0 saturated heterocycles. The Kier molecular flexibility index (Phi) is 6.47. The second-order valence-corrected chi connectivity index (χ2v) is 6.54. The molecule has 0 fully saturated rings. The van der Waals surface area contributed by atoms with Crippen molar-refractivity contribution >= 4 is 28.5 Å². The number of hydrogen-bond donors (Lipinski definition) is 1. The van der Waals surface area contributed by atoms with Crippen molar-refractivity contribution in [3.63, 3.8) is 0 Å². The molecule has 0 aliphatic rings. The molecule has 1 amide bonds. The van der Waals surface area contributed by atoms with E-state index in [9.17, 15) is 10.1 Å². The molecule has 1 heterocycles. The van der Waals surface area contributed by atoms with Gasteiger partial charge >= 0.3 is 0 Å². The summed E-state index contributed by atoms with van der Waals surface area (Å²) in [4.78, 5) is 21.2. The van der Waals surface area contributed by atoms with Crippen molar-refractivity contribution in [2.75, 3.05) is 20.8 Å². The third kappa shape index (κ3) is 4.55. The number of fused-ring (bicyclic) bond motifs is 1. The molecule has 0 aliphatic carbocycles. The number of nitrogens with one attached hydrogen (secondary N) is 1. The van der Waals surface area contributed by atoms with Crippen LogP contribution in [0.4, 0.5) is 0 Å². The van der Waals surface area contributed by atoms with Gasteiger partial charge in [-0.25, -0.2) is 9.97 Å². The van der Waals surface area contributed by atoms with Crippen molar-refractivity contribution in [1.82, 2.24) is 15.3 Å². The van der Waals surface area contributed by atoms with Crippen LogP contribution >= 0.6 is 11.6 Å².